The van der Waals surface area contributed by atoms with Gasteiger partial charge in [0.2, 0.25) is 0 Å². The minimum Gasteiger partial charge on any atom is -0.331 e. The summed E-state index contributed by atoms with van der Waals surface area (Å²) in [4.78, 5) is 18.6. The van der Waals surface area contributed by atoms with Crippen LogP contribution in [0.4, 0.5) is 9.18 Å². The number of urea groups is 1. The molecule has 1 atom stereocenters. The third kappa shape index (κ3) is 3.67. The number of H-pyrrole nitrogens is 1. The summed E-state index contributed by atoms with van der Waals surface area (Å²) >= 11 is 0. The SMILES string of the molecule is CC(NC(=O)N1CCc2[nH]nc(-c3ccncc3)c2C1)c1ccc(C#N)c(F)c1. The Hall–Kier alpha value is -3.73. The van der Waals surface area contributed by atoms with Gasteiger partial charge in [0.05, 0.1) is 23.8 Å². The van der Waals surface area contributed by atoms with Gasteiger partial charge in [0, 0.05) is 42.2 Å². The van der Waals surface area contributed by atoms with E-state index in [-0.39, 0.29) is 11.6 Å². The van der Waals surface area contributed by atoms with E-state index in [1.807, 2.05) is 12.1 Å². The van der Waals surface area contributed by atoms with Crippen LogP contribution in [0.3, 0.4) is 0 Å². The van der Waals surface area contributed by atoms with Crippen LogP contribution in [-0.4, -0.2) is 32.7 Å². The molecule has 8 heteroatoms. The van der Waals surface area contributed by atoms with Crippen LogP contribution in [0.2, 0.25) is 0 Å². The molecule has 0 saturated carbocycles. The molecule has 0 spiro atoms. The Labute approximate surface area is 167 Å². The Morgan fingerprint density at radius 2 is 2.14 bits per heavy atom. The van der Waals surface area contributed by atoms with Crippen LogP contribution in [0, 0.1) is 17.1 Å². The number of hydrogen-bond donors (Lipinski definition) is 2. The van der Waals surface area contributed by atoms with Gasteiger partial charge in [-0.15, -0.1) is 0 Å². The molecule has 1 aliphatic rings. The van der Waals surface area contributed by atoms with Gasteiger partial charge >= 0.3 is 6.03 Å². The summed E-state index contributed by atoms with van der Waals surface area (Å²) in [6, 6.07) is 9.31. The van der Waals surface area contributed by atoms with E-state index in [1.165, 1.54) is 12.1 Å². The summed E-state index contributed by atoms with van der Waals surface area (Å²) in [5, 5.41) is 19.3. The Morgan fingerprint density at radius 3 is 2.86 bits per heavy atom. The van der Waals surface area contributed by atoms with E-state index in [2.05, 4.69) is 20.5 Å². The molecule has 7 nitrogen and oxygen atoms in total. The van der Waals surface area contributed by atoms with Crippen molar-refractivity contribution in [2.45, 2.75) is 25.9 Å². The lowest BCUT2D eigenvalue weighted by Crippen LogP contribution is -2.43. The molecule has 2 aromatic heterocycles. The van der Waals surface area contributed by atoms with Crippen LogP contribution in [0.5, 0.6) is 0 Å². The van der Waals surface area contributed by atoms with Gasteiger partial charge in [-0.05, 0) is 36.8 Å². The Balaban J connectivity index is 1.48. The second-order valence-electron chi connectivity index (χ2n) is 6.96. The quantitative estimate of drug-likeness (QED) is 0.717. The zero-order valence-corrected chi connectivity index (χ0v) is 15.8. The predicted octanol–water partition coefficient (Wildman–Crippen LogP) is 3.31. The van der Waals surface area contributed by atoms with Crippen LogP contribution in [-0.2, 0) is 13.0 Å². The molecular formula is C21H19FN6O. The molecule has 0 aliphatic carbocycles. The van der Waals surface area contributed by atoms with Gasteiger partial charge in [-0.1, -0.05) is 6.07 Å². The number of benzene rings is 1. The smallest absolute Gasteiger partial charge is 0.318 e. The summed E-state index contributed by atoms with van der Waals surface area (Å²) in [5.41, 5.74) is 4.38. The second-order valence-corrected chi connectivity index (χ2v) is 6.96. The third-order valence-electron chi connectivity index (χ3n) is 5.13. The van der Waals surface area contributed by atoms with Crippen LogP contribution in [0.25, 0.3) is 11.3 Å². The Morgan fingerprint density at radius 1 is 1.34 bits per heavy atom. The topological polar surface area (TPSA) is 97.7 Å². The van der Waals surface area contributed by atoms with Gasteiger partial charge in [0.1, 0.15) is 11.9 Å². The number of carbonyl (C=O) groups is 1. The molecule has 0 radical (unpaired) electrons. The average Bonchev–Trinajstić information content (AvgIpc) is 3.17. The van der Waals surface area contributed by atoms with E-state index in [1.54, 1.807) is 36.4 Å². The normalized spacial score (nSPS) is 14.0. The molecule has 2 amide bonds. The number of hydrogen-bond acceptors (Lipinski definition) is 4. The molecule has 2 N–H and O–H groups in total. The maximum Gasteiger partial charge on any atom is 0.318 e. The Bertz CT molecular complexity index is 1090. The van der Waals surface area contributed by atoms with Gasteiger partial charge in [0.25, 0.3) is 0 Å². The highest BCUT2D eigenvalue weighted by Gasteiger charge is 2.26. The number of aromatic nitrogens is 3. The van der Waals surface area contributed by atoms with Crippen molar-refractivity contribution in [1.29, 1.82) is 5.26 Å². The van der Waals surface area contributed by atoms with E-state index in [4.69, 9.17) is 5.26 Å². The first kappa shape index (κ1) is 18.6. The highest BCUT2D eigenvalue weighted by molar-refractivity contribution is 5.76. The minimum absolute atomic E-state index is 0.0144. The number of amides is 2. The van der Waals surface area contributed by atoms with Crippen LogP contribution >= 0.6 is 0 Å². The summed E-state index contributed by atoms with van der Waals surface area (Å²) in [6.07, 6.45) is 4.10. The van der Waals surface area contributed by atoms with E-state index < -0.39 is 11.9 Å². The highest BCUT2D eigenvalue weighted by atomic mass is 19.1. The largest absolute Gasteiger partial charge is 0.331 e. The van der Waals surface area contributed by atoms with Gasteiger partial charge in [-0.2, -0.15) is 10.4 Å². The fourth-order valence-electron chi connectivity index (χ4n) is 3.47. The summed E-state index contributed by atoms with van der Waals surface area (Å²) in [7, 11) is 0. The molecule has 4 rings (SSSR count). The van der Waals surface area contributed by atoms with Crippen LogP contribution in [0.1, 0.15) is 35.3 Å². The van der Waals surface area contributed by atoms with Gasteiger partial charge in [-0.25, -0.2) is 9.18 Å². The minimum atomic E-state index is -0.589. The molecule has 1 aromatic carbocycles. The maximum atomic E-state index is 13.9. The lowest BCUT2D eigenvalue weighted by atomic mass is 10.0. The van der Waals surface area contributed by atoms with E-state index in [9.17, 15) is 9.18 Å². The molecule has 1 aliphatic heterocycles. The summed E-state index contributed by atoms with van der Waals surface area (Å²) in [6.45, 7) is 2.78. The van der Waals surface area contributed by atoms with Crippen molar-refractivity contribution in [2.24, 2.45) is 0 Å². The summed E-state index contributed by atoms with van der Waals surface area (Å²) < 4.78 is 13.9. The molecule has 0 saturated heterocycles. The highest BCUT2D eigenvalue weighted by Crippen LogP contribution is 2.28. The Kier molecular flexibility index (Phi) is 4.96. The summed E-state index contributed by atoms with van der Waals surface area (Å²) in [5.74, 6) is -0.589. The van der Waals surface area contributed by atoms with Crippen LogP contribution in [0.15, 0.2) is 42.7 Å². The number of carbonyl (C=O) groups excluding carboxylic acids is 1. The van der Waals surface area contributed by atoms with Gasteiger partial charge < -0.3 is 10.2 Å². The molecule has 29 heavy (non-hydrogen) atoms. The first-order valence-corrected chi connectivity index (χ1v) is 9.28. The van der Waals surface area contributed by atoms with Crippen molar-refractivity contribution in [2.75, 3.05) is 6.54 Å². The van der Waals surface area contributed by atoms with Crippen molar-refractivity contribution in [1.82, 2.24) is 25.4 Å². The monoisotopic (exact) mass is 390 g/mol. The van der Waals surface area contributed by atoms with Gasteiger partial charge in [-0.3, -0.25) is 10.1 Å². The maximum absolute atomic E-state index is 13.9. The number of nitrogens with one attached hydrogen (secondary N) is 2. The molecule has 146 valence electrons. The fraction of sp³-hybridized carbons (Fsp3) is 0.238. The first-order valence-electron chi connectivity index (χ1n) is 9.28. The number of rotatable bonds is 3. The lowest BCUT2D eigenvalue weighted by Gasteiger charge is -2.29. The molecule has 0 bridgehead atoms. The standard InChI is InChI=1S/C21H19FN6O/c1-13(15-2-3-16(11-23)18(22)10-15)25-21(29)28-9-6-19-17(12-28)20(27-26-19)14-4-7-24-8-5-14/h2-5,7-8,10,13H,6,9,12H2,1H3,(H,25,29)(H,26,27). The zero-order valence-electron chi connectivity index (χ0n) is 15.8. The van der Waals surface area contributed by atoms with E-state index in [0.29, 0.717) is 25.1 Å². The number of aromatic amines is 1. The predicted molar refractivity (Wildman–Crippen MR) is 104 cm³/mol. The zero-order chi connectivity index (χ0) is 20.4. The molecular weight excluding hydrogens is 371 g/mol. The number of nitriles is 1. The van der Waals surface area contributed by atoms with Crippen LogP contribution < -0.4 is 5.32 Å². The number of halogens is 1. The van der Waals surface area contributed by atoms with E-state index >= 15 is 0 Å². The average molecular weight is 390 g/mol. The fourth-order valence-corrected chi connectivity index (χ4v) is 3.47. The molecule has 1 unspecified atom stereocenters. The third-order valence-corrected chi connectivity index (χ3v) is 5.13. The number of pyridine rings is 1. The van der Waals surface area contributed by atoms with Gasteiger partial charge in [0.15, 0.2) is 0 Å². The number of nitrogens with zero attached hydrogens (tertiary/aromatic N) is 4. The molecule has 3 aromatic rings. The molecule has 3 heterocycles. The van der Waals surface area contributed by atoms with Crippen molar-refractivity contribution in [3.8, 4) is 17.3 Å². The van der Waals surface area contributed by atoms with Crippen molar-refractivity contribution >= 4 is 6.03 Å². The van der Waals surface area contributed by atoms with Crippen molar-refractivity contribution in [3.63, 3.8) is 0 Å². The lowest BCUT2D eigenvalue weighted by molar-refractivity contribution is 0.189. The van der Waals surface area contributed by atoms with Crippen molar-refractivity contribution < 1.29 is 9.18 Å². The number of fused-ring (bicyclic) bond motifs is 1. The van der Waals surface area contributed by atoms with Crippen molar-refractivity contribution in [3.05, 3.63) is 70.9 Å². The first-order chi connectivity index (χ1) is 14.1. The second kappa shape index (κ2) is 7.72. The molecule has 0 fully saturated rings. The van der Waals surface area contributed by atoms with E-state index in [0.717, 1.165) is 22.5 Å².